The van der Waals surface area contributed by atoms with Crippen LogP contribution >= 0.6 is 0 Å². The van der Waals surface area contributed by atoms with E-state index in [9.17, 15) is 4.79 Å². The van der Waals surface area contributed by atoms with Gasteiger partial charge in [0.05, 0.1) is 6.54 Å². The zero-order chi connectivity index (χ0) is 20.1. The number of benzene rings is 2. The number of hydrogen-bond acceptors (Lipinski definition) is 6. The number of ether oxygens (including phenoxy) is 1. The van der Waals surface area contributed by atoms with E-state index in [-0.39, 0.29) is 11.2 Å². The molecule has 2 aromatic carbocycles. The molecule has 1 aliphatic rings. The topological polar surface area (TPSA) is 80.7 Å². The van der Waals surface area contributed by atoms with E-state index < -0.39 is 0 Å². The molecule has 1 aromatic heterocycles. The molecule has 0 fully saturated rings. The molecule has 148 valence electrons. The largest absolute Gasteiger partial charge is 0.482 e. The van der Waals surface area contributed by atoms with Gasteiger partial charge in [0.1, 0.15) is 18.6 Å². The minimum absolute atomic E-state index is 0.172. The SMILES string of the molecule is N/C=C\Nc1ccc(COc2coc(CN3Cc4ccccc4C3)cc2=O)cc1. The van der Waals surface area contributed by atoms with Crippen LogP contribution in [-0.4, -0.2) is 4.90 Å². The fourth-order valence-corrected chi connectivity index (χ4v) is 3.37. The summed E-state index contributed by atoms with van der Waals surface area (Å²) in [5.74, 6) is 0.852. The summed E-state index contributed by atoms with van der Waals surface area (Å²) in [5, 5.41) is 3.03. The predicted octanol–water partition coefficient (Wildman–Crippen LogP) is 3.58. The van der Waals surface area contributed by atoms with Crippen molar-refractivity contribution in [3.8, 4) is 5.75 Å². The lowest BCUT2D eigenvalue weighted by Gasteiger charge is -2.14. The number of anilines is 1. The molecule has 0 spiro atoms. The van der Waals surface area contributed by atoms with E-state index >= 15 is 0 Å². The highest BCUT2D eigenvalue weighted by Gasteiger charge is 2.19. The molecule has 4 rings (SSSR count). The first-order chi connectivity index (χ1) is 14.2. The van der Waals surface area contributed by atoms with Gasteiger partial charge in [-0.05, 0) is 28.8 Å². The standard InChI is InChI=1S/C23H23N3O3/c24-9-10-25-20-7-5-17(6-8-20)15-29-23-16-28-21(11-22(23)27)14-26-12-18-3-1-2-4-19(18)13-26/h1-11,16,25H,12-15,24H2/b10-9-. The molecule has 6 nitrogen and oxygen atoms in total. The molecular weight excluding hydrogens is 366 g/mol. The van der Waals surface area contributed by atoms with Crippen LogP contribution in [0.4, 0.5) is 5.69 Å². The van der Waals surface area contributed by atoms with E-state index in [0.29, 0.717) is 18.9 Å². The first kappa shape index (κ1) is 18.8. The van der Waals surface area contributed by atoms with Crippen molar-refractivity contribution < 1.29 is 9.15 Å². The van der Waals surface area contributed by atoms with Crippen molar-refractivity contribution in [3.63, 3.8) is 0 Å². The number of fused-ring (bicyclic) bond motifs is 1. The minimum atomic E-state index is -0.172. The normalized spacial score (nSPS) is 13.5. The minimum Gasteiger partial charge on any atom is -0.482 e. The molecule has 3 aromatic rings. The monoisotopic (exact) mass is 389 g/mol. The summed E-state index contributed by atoms with van der Waals surface area (Å²) in [4.78, 5) is 14.6. The van der Waals surface area contributed by atoms with E-state index in [1.165, 1.54) is 29.7 Å². The maximum atomic E-state index is 12.4. The van der Waals surface area contributed by atoms with Crippen molar-refractivity contribution in [3.05, 3.63) is 106 Å². The van der Waals surface area contributed by atoms with Crippen molar-refractivity contribution >= 4 is 5.69 Å². The Morgan fingerprint density at radius 2 is 1.83 bits per heavy atom. The third-order valence-electron chi connectivity index (χ3n) is 4.83. The van der Waals surface area contributed by atoms with E-state index in [1.807, 2.05) is 24.3 Å². The Hall–Kier alpha value is -3.51. The molecule has 6 heteroatoms. The first-order valence-corrected chi connectivity index (χ1v) is 9.47. The van der Waals surface area contributed by atoms with Crippen molar-refractivity contribution in [1.82, 2.24) is 4.90 Å². The lowest BCUT2D eigenvalue weighted by atomic mass is 10.1. The maximum absolute atomic E-state index is 12.4. The number of nitrogens with two attached hydrogens (primary N) is 1. The molecule has 0 atom stereocenters. The number of hydrogen-bond donors (Lipinski definition) is 2. The second-order valence-electron chi connectivity index (χ2n) is 6.98. The Labute approximate surface area is 169 Å². The van der Waals surface area contributed by atoms with Crippen molar-refractivity contribution in [2.24, 2.45) is 5.73 Å². The summed E-state index contributed by atoms with van der Waals surface area (Å²) < 4.78 is 11.3. The van der Waals surface area contributed by atoms with Gasteiger partial charge in [0.25, 0.3) is 0 Å². The van der Waals surface area contributed by atoms with Gasteiger partial charge in [-0.1, -0.05) is 36.4 Å². The lowest BCUT2D eigenvalue weighted by molar-refractivity contribution is 0.241. The Morgan fingerprint density at radius 1 is 1.10 bits per heavy atom. The summed E-state index contributed by atoms with van der Waals surface area (Å²) in [6.07, 6.45) is 4.49. The first-order valence-electron chi connectivity index (χ1n) is 9.47. The molecule has 3 N–H and O–H groups in total. The van der Waals surface area contributed by atoms with E-state index in [2.05, 4.69) is 34.5 Å². The third-order valence-corrected chi connectivity index (χ3v) is 4.83. The van der Waals surface area contributed by atoms with Gasteiger partial charge in [-0.2, -0.15) is 0 Å². The van der Waals surface area contributed by atoms with Gasteiger partial charge >= 0.3 is 0 Å². The molecule has 0 amide bonds. The Bertz CT molecular complexity index is 1030. The van der Waals surface area contributed by atoms with Crippen LogP contribution in [0.1, 0.15) is 22.5 Å². The highest BCUT2D eigenvalue weighted by Crippen LogP contribution is 2.24. The van der Waals surface area contributed by atoms with Crippen LogP contribution < -0.4 is 21.2 Å². The molecule has 0 aliphatic carbocycles. The average Bonchev–Trinajstić information content (AvgIpc) is 3.15. The average molecular weight is 389 g/mol. The summed E-state index contributed by atoms with van der Waals surface area (Å²) in [6.45, 7) is 2.61. The summed E-state index contributed by atoms with van der Waals surface area (Å²) in [5.41, 5.74) is 9.66. The Morgan fingerprint density at radius 3 is 2.48 bits per heavy atom. The van der Waals surface area contributed by atoms with Crippen LogP contribution in [0.15, 0.2) is 82.5 Å². The van der Waals surface area contributed by atoms with Crippen LogP contribution in [0.3, 0.4) is 0 Å². The van der Waals surface area contributed by atoms with Gasteiger partial charge in [-0.15, -0.1) is 0 Å². The van der Waals surface area contributed by atoms with Gasteiger partial charge in [-0.25, -0.2) is 0 Å². The van der Waals surface area contributed by atoms with Crippen LogP contribution in [0.5, 0.6) is 5.75 Å². The van der Waals surface area contributed by atoms with Crippen LogP contribution in [0, 0.1) is 0 Å². The zero-order valence-corrected chi connectivity index (χ0v) is 16.0. The van der Waals surface area contributed by atoms with Gasteiger partial charge in [0, 0.05) is 37.2 Å². The number of nitrogens with zero attached hydrogens (tertiary/aromatic N) is 1. The second-order valence-corrected chi connectivity index (χ2v) is 6.98. The summed E-state index contributed by atoms with van der Waals surface area (Å²) in [7, 11) is 0. The highest BCUT2D eigenvalue weighted by molar-refractivity contribution is 5.46. The van der Waals surface area contributed by atoms with E-state index in [4.69, 9.17) is 14.9 Å². The molecule has 0 saturated carbocycles. The van der Waals surface area contributed by atoms with Gasteiger partial charge in [0.15, 0.2) is 0 Å². The smallest absolute Gasteiger partial charge is 0.227 e. The molecule has 0 bridgehead atoms. The van der Waals surface area contributed by atoms with Gasteiger partial charge in [-0.3, -0.25) is 9.69 Å². The summed E-state index contributed by atoms with van der Waals surface area (Å²) in [6, 6.07) is 17.6. The fourth-order valence-electron chi connectivity index (χ4n) is 3.37. The highest BCUT2D eigenvalue weighted by atomic mass is 16.5. The quantitative estimate of drug-likeness (QED) is 0.643. The predicted molar refractivity (Wildman–Crippen MR) is 112 cm³/mol. The van der Waals surface area contributed by atoms with Crippen LogP contribution in [0.25, 0.3) is 0 Å². The molecule has 0 unspecified atom stereocenters. The summed E-state index contributed by atoms with van der Waals surface area (Å²) >= 11 is 0. The Balaban J connectivity index is 1.34. The zero-order valence-electron chi connectivity index (χ0n) is 16.0. The van der Waals surface area contributed by atoms with Gasteiger partial charge < -0.3 is 20.2 Å². The van der Waals surface area contributed by atoms with Crippen molar-refractivity contribution in [1.29, 1.82) is 0 Å². The molecule has 0 radical (unpaired) electrons. The van der Waals surface area contributed by atoms with E-state index in [0.717, 1.165) is 24.3 Å². The Kier molecular flexibility index (Phi) is 5.63. The molecule has 0 saturated heterocycles. The third kappa shape index (κ3) is 4.67. The number of nitrogens with one attached hydrogen (secondary N) is 1. The molecule has 29 heavy (non-hydrogen) atoms. The van der Waals surface area contributed by atoms with Crippen LogP contribution in [-0.2, 0) is 26.2 Å². The maximum Gasteiger partial charge on any atom is 0.227 e. The molecule has 1 aliphatic heterocycles. The number of rotatable bonds is 7. The van der Waals surface area contributed by atoms with Crippen molar-refractivity contribution in [2.45, 2.75) is 26.2 Å². The van der Waals surface area contributed by atoms with Crippen LogP contribution in [0.2, 0.25) is 0 Å². The van der Waals surface area contributed by atoms with Crippen molar-refractivity contribution in [2.75, 3.05) is 5.32 Å². The van der Waals surface area contributed by atoms with Gasteiger partial charge in [0.2, 0.25) is 11.2 Å². The molecular formula is C23H23N3O3. The second kappa shape index (κ2) is 8.67. The van der Waals surface area contributed by atoms with E-state index in [1.54, 1.807) is 6.20 Å². The fraction of sp³-hybridized carbons (Fsp3) is 0.174. The lowest BCUT2D eigenvalue weighted by Crippen LogP contribution is -2.17. The molecule has 2 heterocycles.